The molecular formula is C22H25N3O5. The van der Waals surface area contributed by atoms with Crippen molar-refractivity contribution in [3.8, 4) is 11.5 Å². The number of rotatable bonds is 5. The second-order valence-corrected chi connectivity index (χ2v) is 7.74. The number of hydrogen-bond acceptors (Lipinski definition) is 6. The Bertz CT molecular complexity index is 991. The van der Waals surface area contributed by atoms with Gasteiger partial charge < -0.3 is 14.8 Å². The number of carbonyl (C=O) groups is 1. The van der Waals surface area contributed by atoms with E-state index in [9.17, 15) is 14.9 Å². The van der Waals surface area contributed by atoms with E-state index in [0.29, 0.717) is 18.8 Å². The van der Waals surface area contributed by atoms with Crippen LogP contribution in [0, 0.1) is 24.0 Å². The summed E-state index contributed by atoms with van der Waals surface area (Å²) in [5.74, 6) is 1.23. The average Bonchev–Trinajstić information content (AvgIpc) is 3.19. The summed E-state index contributed by atoms with van der Waals surface area (Å²) in [6, 6.07) is 9.15. The molecule has 4 rings (SSSR count). The molecule has 0 bridgehead atoms. The third-order valence-corrected chi connectivity index (χ3v) is 5.84. The van der Waals surface area contributed by atoms with E-state index in [1.807, 2.05) is 25.1 Å². The lowest BCUT2D eigenvalue weighted by Crippen LogP contribution is -2.33. The highest BCUT2D eigenvalue weighted by molar-refractivity contribution is 5.95. The summed E-state index contributed by atoms with van der Waals surface area (Å²) in [5, 5.41) is 14.2. The number of likely N-dealkylation sites (tertiary alicyclic amines) is 1. The molecule has 0 saturated carbocycles. The molecule has 2 aromatic carbocycles. The molecule has 0 spiro atoms. The fraction of sp³-hybridized carbons (Fsp3) is 0.409. The Morgan fingerprint density at radius 3 is 2.73 bits per heavy atom. The first-order valence-corrected chi connectivity index (χ1v) is 10.1. The van der Waals surface area contributed by atoms with E-state index in [-0.39, 0.29) is 29.9 Å². The molecule has 2 aromatic rings. The summed E-state index contributed by atoms with van der Waals surface area (Å²) in [5.41, 5.74) is 2.88. The highest BCUT2D eigenvalue weighted by Gasteiger charge is 2.29. The second kappa shape index (κ2) is 8.31. The van der Waals surface area contributed by atoms with Crippen molar-refractivity contribution < 1.29 is 19.2 Å². The summed E-state index contributed by atoms with van der Waals surface area (Å²) >= 11 is 0. The van der Waals surface area contributed by atoms with Crippen molar-refractivity contribution in [1.82, 2.24) is 4.90 Å². The van der Waals surface area contributed by atoms with Gasteiger partial charge in [0.05, 0.1) is 11.5 Å². The van der Waals surface area contributed by atoms with Crippen LogP contribution in [0.15, 0.2) is 30.3 Å². The number of aryl methyl sites for hydroxylation is 1. The Morgan fingerprint density at radius 1 is 1.20 bits per heavy atom. The maximum atomic E-state index is 12.8. The zero-order chi connectivity index (χ0) is 21.3. The maximum Gasteiger partial charge on any atom is 0.293 e. The minimum Gasteiger partial charge on any atom is -0.486 e. The number of benzene rings is 2. The van der Waals surface area contributed by atoms with Crippen LogP contribution in [0.1, 0.15) is 35.6 Å². The lowest BCUT2D eigenvalue weighted by Gasteiger charge is -2.26. The van der Waals surface area contributed by atoms with Gasteiger partial charge in [-0.1, -0.05) is 12.1 Å². The molecule has 0 unspecified atom stereocenters. The number of carbonyl (C=O) groups excluding carboxylic acids is 1. The quantitative estimate of drug-likeness (QED) is 0.595. The number of ether oxygens (including phenoxy) is 2. The van der Waals surface area contributed by atoms with Gasteiger partial charge in [0.1, 0.15) is 18.9 Å². The van der Waals surface area contributed by atoms with Gasteiger partial charge in [-0.2, -0.15) is 0 Å². The van der Waals surface area contributed by atoms with Crippen LogP contribution < -0.4 is 14.8 Å². The highest BCUT2D eigenvalue weighted by atomic mass is 16.6. The minimum absolute atomic E-state index is 0.0868. The molecule has 0 aromatic heterocycles. The van der Waals surface area contributed by atoms with Crippen molar-refractivity contribution in [2.45, 2.75) is 32.7 Å². The monoisotopic (exact) mass is 411 g/mol. The molecule has 1 atom stereocenters. The van der Waals surface area contributed by atoms with E-state index in [0.717, 1.165) is 42.0 Å². The van der Waals surface area contributed by atoms with Crippen LogP contribution >= 0.6 is 0 Å². The normalized spacial score (nSPS) is 18.3. The average molecular weight is 411 g/mol. The van der Waals surface area contributed by atoms with Crippen molar-refractivity contribution >= 4 is 17.3 Å². The minimum atomic E-state index is -0.462. The number of anilines is 1. The number of nitro benzene ring substituents is 1. The van der Waals surface area contributed by atoms with Gasteiger partial charge in [-0.3, -0.25) is 19.8 Å². The van der Waals surface area contributed by atoms with E-state index in [1.165, 1.54) is 6.07 Å². The summed E-state index contributed by atoms with van der Waals surface area (Å²) in [4.78, 5) is 25.8. The van der Waals surface area contributed by atoms with Gasteiger partial charge >= 0.3 is 0 Å². The van der Waals surface area contributed by atoms with Crippen molar-refractivity contribution in [3.63, 3.8) is 0 Å². The molecule has 2 aliphatic rings. The van der Waals surface area contributed by atoms with Crippen molar-refractivity contribution in [1.29, 1.82) is 0 Å². The first-order chi connectivity index (χ1) is 14.4. The fourth-order valence-corrected chi connectivity index (χ4v) is 4.13. The number of fused-ring (bicyclic) bond motifs is 1. The van der Waals surface area contributed by atoms with E-state index < -0.39 is 4.92 Å². The molecular weight excluding hydrogens is 386 g/mol. The van der Waals surface area contributed by atoms with Crippen LogP contribution in [0.25, 0.3) is 0 Å². The Labute approximate surface area is 174 Å². The van der Waals surface area contributed by atoms with Gasteiger partial charge in [-0.25, -0.2) is 0 Å². The molecule has 30 heavy (non-hydrogen) atoms. The summed E-state index contributed by atoms with van der Waals surface area (Å²) < 4.78 is 11.3. The zero-order valence-electron chi connectivity index (χ0n) is 17.1. The molecule has 2 aliphatic heterocycles. The molecule has 0 aliphatic carbocycles. The van der Waals surface area contributed by atoms with Gasteiger partial charge in [0, 0.05) is 12.1 Å². The lowest BCUT2D eigenvalue weighted by molar-refractivity contribution is -0.384. The van der Waals surface area contributed by atoms with Crippen molar-refractivity contribution in [3.05, 3.63) is 57.1 Å². The summed E-state index contributed by atoms with van der Waals surface area (Å²) in [6.45, 7) is 5.69. The van der Waals surface area contributed by atoms with Crippen LogP contribution in [0.5, 0.6) is 11.5 Å². The molecule has 1 N–H and O–H groups in total. The molecule has 158 valence electrons. The Kier molecular flexibility index (Phi) is 5.59. The first kappa shape index (κ1) is 20.2. The zero-order valence-corrected chi connectivity index (χ0v) is 17.1. The van der Waals surface area contributed by atoms with Crippen molar-refractivity contribution in [2.75, 3.05) is 31.6 Å². The molecule has 1 fully saturated rings. The van der Waals surface area contributed by atoms with E-state index in [2.05, 4.69) is 10.2 Å². The van der Waals surface area contributed by atoms with Gasteiger partial charge in [-0.15, -0.1) is 0 Å². The maximum absolute atomic E-state index is 12.8. The summed E-state index contributed by atoms with van der Waals surface area (Å²) in [7, 11) is 0. The lowest BCUT2D eigenvalue weighted by atomic mass is 10.0. The molecule has 0 radical (unpaired) electrons. The SMILES string of the molecule is Cc1ccc([N+](=O)[O-])c(NC(=O)CN2CCC[C@H]2c2ccc3c(c2)OCCO3)c1C. The van der Waals surface area contributed by atoms with Gasteiger partial charge in [-0.05, 0) is 62.1 Å². The largest absolute Gasteiger partial charge is 0.486 e. The first-order valence-electron chi connectivity index (χ1n) is 10.1. The van der Waals surface area contributed by atoms with Crippen LogP contribution in [-0.2, 0) is 4.79 Å². The molecule has 1 saturated heterocycles. The number of nitrogens with one attached hydrogen (secondary N) is 1. The third-order valence-electron chi connectivity index (χ3n) is 5.84. The number of nitro groups is 1. The molecule has 2 heterocycles. The van der Waals surface area contributed by atoms with Crippen LogP contribution in [-0.4, -0.2) is 42.0 Å². The smallest absolute Gasteiger partial charge is 0.293 e. The predicted octanol–water partition coefficient (Wildman–Crippen LogP) is 3.76. The fourth-order valence-electron chi connectivity index (χ4n) is 4.13. The third kappa shape index (κ3) is 3.95. The Morgan fingerprint density at radius 2 is 1.97 bits per heavy atom. The van der Waals surface area contributed by atoms with Gasteiger partial charge in [0.2, 0.25) is 5.91 Å². The van der Waals surface area contributed by atoms with Gasteiger partial charge in [0.15, 0.2) is 11.5 Å². The van der Waals surface area contributed by atoms with Crippen LogP contribution in [0.4, 0.5) is 11.4 Å². The van der Waals surface area contributed by atoms with Crippen LogP contribution in [0.2, 0.25) is 0 Å². The Balaban J connectivity index is 1.50. The van der Waals surface area contributed by atoms with E-state index in [1.54, 1.807) is 13.0 Å². The second-order valence-electron chi connectivity index (χ2n) is 7.74. The number of amides is 1. The topological polar surface area (TPSA) is 93.9 Å². The highest BCUT2D eigenvalue weighted by Crippen LogP contribution is 2.38. The van der Waals surface area contributed by atoms with Gasteiger partial charge in [0.25, 0.3) is 5.69 Å². The van der Waals surface area contributed by atoms with E-state index in [4.69, 9.17) is 9.47 Å². The van der Waals surface area contributed by atoms with Crippen LogP contribution in [0.3, 0.4) is 0 Å². The van der Waals surface area contributed by atoms with Crippen molar-refractivity contribution in [2.24, 2.45) is 0 Å². The Hall–Kier alpha value is -3.13. The number of nitrogens with zero attached hydrogens (tertiary/aromatic N) is 2. The number of hydrogen-bond donors (Lipinski definition) is 1. The summed E-state index contributed by atoms with van der Waals surface area (Å²) in [6.07, 6.45) is 1.92. The molecule has 1 amide bonds. The molecule has 8 heteroatoms. The molecule has 8 nitrogen and oxygen atoms in total. The standard InChI is InChI=1S/C22H25N3O5/c1-14-5-7-18(25(27)28)22(15(14)2)23-21(26)13-24-9-3-4-17(24)16-6-8-19-20(12-16)30-11-10-29-19/h5-8,12,17H,3-4,9-11,13H2,1-2H3,(H,23,26)/t17-/m0/s1. The van der Waals surface area contributed by atoms with E-state index >= 15 is 0 Å². The predicted molar refractivity (Wildman–Crippen MR) is 112 cm³/mol.